The highest BCUT2D eigenvalue weighted by Gasteiger charge is 2.14. The van der Waals surface area contributed by atoms with Gasteiger partial charge in [-0.15, -0.1) is 0 Å². The largest absolute Gasteiger partial charge is 0.549 e. The lowest BCUT2D eigenvalue weighted by atomic mass is 10.3. The molecule has 1 aromatic carbocycles. The third kappa shape index (κ3) is 6.07. The highest BCUT2D eigenvalue weighted by molar-refractivity contribution is 6.70. The van der Waals surface area contributed by atoms with E-state index in [2.05, 4.69) is 51.4 Å². The molecule has 0 aliphatic carbocycles. The Labute approximate surface area is 112 Å². The first-order valence-electron chi connectivity index (χ1n) is 6.28. The van der Waals surface area contributed by atoms with Crippen LogP contribution in [-0.2, 0) is 8.85 Å². The van der Waals surface area contributed by atoms with Gasteiger partial charge in [-0.3, -0.25) is 0 Å². The van der Waals surface area contributed by atoms with Crippen LogP contribution in [0.15, 0.2) is 24.3 Å². The van der Waals surface area contributed by atoms with E-state index in [4.69, 9.17) is 8.85 Å². The van der Waals surface area contributed by atoms with Crippen LogP contribution in [-0.4, -0.2) is 16.6 Å². The minimum Gasteiger partial charge on any atom is -0.549 e. The number of hydrogen-bond acceptors (Lipinski definition) is 2. The molecule has 0 radical (unpaired) electrons. The molecule has 1 rings (SSSR count). The second kappa shape index (κ2) is 5.76. The molecule has 0 spiro atoms. The van der Waals surface area contributed by atoms with Crippen LogP contribution >= 0.6 is 0 Å². The molecule has 0 saturated heterocycles. The molecule has 0 unspecified atom stereocenters. The van der Waals surface area contributed by atoms with Gasteiger partial charge in [0.1, 0.15) is 0 Å². The van der Waals surface area contributed by atoms with Crippen molar-refractivity contribution >= 4 is 29.2 Å². The van der Waals surface area contributed by atoms with Crippen molar-refractivity contribution < 1.29 is 8.85 Å². The summed E-state index contributed by atoms with van der Waals surface area (Å²) in [6, 6.07) is 8.15. The van der Waals surface area contributed by atoms with Gasteiger partial charge in [-0.05, 0) is 39.3 Å². The van der Waals surface area contributed by atoms with Crippen LogP contribution in [0.3, 0.4) is 0 Å². The zero-order valence-corrected chi connectivity index (χ0v) is 14.3. The van der Waals surface area contributed by atoms with Gasteiger partial charge in [0.15, 0.2) is 0 Å². The predicted molar refractivity (Wildman–Crippen MR) is 83.5 cm³/mol. The van der Waals surface area contributed by atoms with Gasteiger partial charge in [0.05, 0.1) is 12.5 Å². The van der Waals surface area contributed by atoms with Crippen LogP contribution in [0, 0.1) is 0 Å². The number of hydrogen-bond donors (Lipinski definition) is 0. The Balaban J connectivity index is 3.07. The van der Waals surface area contributed by atoms with Crippen molar-refractivity contribution in [3.05, 3.63) is 34.7 Å². The van der Waals surface area contributed by atoms with Gasteiger partial charge < -0.3 is 8.85 Å². The van der Waals surface area contributed by atoms with E-state index in [1.807, 2.05) is 24.7 Å². The second-order valence-corrected chi connectivity index (χ2v) is 15.2. The second-order valence-electron chi connectivity index (χ2n) is 6.33. The summed E-state index contributed by atoms with van der Waals surface area (Å²) in [5, 5.41) is 2.16. The quantitative estimate of drug-likeness (QED) is 0.790. The van der Waals surface area contributed by atoms with Crippen LogP contribution in [0.1, 0.15) is 0 Å². The fraction of sp³-hybridized carbons (Fsp3) is 0.429. The lowest BCUT2D eigenvalue weighted by molar-refractivity contribution is 0.534. The van der Waals surface area contributed by atoms with E-state index in [9.17, 15) is 0 Å². The molecule has 0 aliphatic heterocycles. The molecule has 0 amide bonds. The summed E-state index contributed by atoms with van der Waals surface area (Å²) in [4.78, 5) is 0. The molecule has 0 aliphatic rings. The van der Waals surface area contributed by atoms with E-state index in [-0.39, 0.29) is 0 Å². The smallest absolute Gasteiger partial charge is 0.241 e. The summed E-state index contributed by atoms with van der Waals surface area (Å²) in [6.45, 7) is 13.0. The van der Waals surface area contributed by atoms with Crippen LogP contribution < -0.4 is 10.4 Å². The zero-order valence-electron chi connectivity index (χ0n) is 12.3. The zero-order chi connectivity index (χ0) is 13.8. The van der Waals surface area contributed by atoms with Gasteiger partial charge in [0.2, 0.25) is 16.6 Å². The number of benzene rings is 1. The van der Waals surface area contributed by atoms with Gasteiger partial charge in [0.25, 0.3) is 0 Å². The van der Waals surface area contributed by atoms with Crippen molar-refractivity contribution in [2.75, 3.05) is 0 Å². The van der Waals surface area contributed by atoms with Crippen LogP contribution in [0.4, 0.5) is 0 Å². The Morgan fingerprint density at radius 1 is 0.722 bits per heavy atom. The van der Waals surface area contributed by atoms with Crippen molar-refractivity contribution in [1.82, 2.24) is 0 Å². The first-order valence-corrected chi connectivity index (χ1v) is 13.1. The van der Waals surface area contributed by atoms with Crippen molar-refractivity contribution in [2.24, 2.45) is 0 Å². The van der Waals surface area contributed by atoms with E-state index in [1.54, 1.807) is 0 Å². The third-order valence-corrected chi connectivity index (χ3v) is 3.72. The van der Waals surface area contributed by atoms with Crippen molar-refractivity contribution in [2.45, 2.75) is 39.3 Å². The fourth-order valence-corrected chi connectivity index (χ4v) is 2.17. The molecule has 0 fully saturated rings. The standard InChI is InChI=1S/C14H24O2Si2/c1-17(2,3)15-11-13-9-7-8-10-14(13)12-16-18(4,5)6/h7-12H,1-6H3/b13-11-,14-12+. The molecule has 1 aromatic rings. The van der Waals surface area contributed by atoms with Gasteiger partial charge in [-0.1, -0.05) is 24.3 Å². The SMILES string of the molecule is C[Si](C)(C)O/C=c1/cccc/c1=C\O[Si](C)(C)C. The Kier molecular flexibility index (Phi) is 4.81. The van der Waals surface area contributed by atoms with Crippen molar-refractivity contribution in [3.8, 4) is 0 Å². The molecule has 4 heteroatoms. The summed E-state index contributed by atoms with van der Waals surface area (Å²) in [7, 11) is -3.05. The van der Waals surface area contributed by atoms with E-state index < -0.39 is 16.6 Å². The highest BCUT2D eigenvalue weighted by atomic mass is 28.4. The summed E-state index contributed by atoms with van der Waals surface area (Å²) in [5.74, 6) is 0. The number of rotatable bonds is 4. The van der Waals surface area contributed by atoms with E-state index in [1.165, 1.54) is 0 Å². The molecular weight excluding hydrogens is 256 g/mol. The molecule has 0 aromatic heterocycles. The average molecular weight is 281 g/mol. The van der Waals surface area contributed by atoms with Crippen LogP contribution in [0.2, 0.25) is 39.3 Å². The molecule has 0 N–H and O–H groups in total. The molecule has 0 atom stereocenters. The van der Waals surface area contributed by atoms with Gasteiger partial charge in [-0.2, -0.15) is 0 Å². The van der Waals surface area contributed by atoms with Crippen LogP contribution in [0.25, 0.3) is 12.5 Å². The maximum Gasteiger partial charge on any atom is 0.241 e. The summed E-state index contributed by atoms with van der Waals surface area (Å²) < 4.78 is 11.7. The van der Waals surface area contributed by atoms with E-state index in [0.717, 1.165) is 10.4 Å². The average Bonchev–Trinajstić information content (AvgIpc) is 2.22. The topological polar surface area (TPSA) is 18.5 Å². The van der Waals surface area contributed by atoms with Crippen LogP contribution in [0.5, 0.6) is 0 Å². The van der Waals surface area contributed by atoms with Gasteiger partial charge in [-0.25, -0.2) is 0 Å². The summed E-state index contributed by atoms with van der Waals surface area (Å²) in [5.41, 5.74) is 0. The Hall–Kier alpha value is -1.01. The molecule has 0 bridgehead atoms. The minimum absolute atomic E-state index is 1.08. The molecule has 0 saturated carbocycles. The van der Waals surface area contributed by atoms with E-state index in [0.29, 0.717) is 0 Å². The van der Waals surface area contributed by atoms with Crippen molar-refractivity contribution in [1.29, 1.82) is 0 Å². The monoisotopic (exact) mass is 280 g/mol. The third-order valence-electron chi connectivity index (χ3n) is 2.07. The lowest BCUT2D eigenvalue weighted by Gasteiger charge is -2.16. The van der Waals surface area contributed by atoms with Crippen molar-refractivity contribution in [3.63, 3.8) is 0 Å². The molecule has 2 nitrogen and oxygen atoms in total. The predicted octanol–water partition coefficient (Wildman–Crippen LogP) is 2.87. The fourth-order valence-electron chi connectivity index (χ4n) is 1.21. The Bertz CT molecular complexity index is 449. The Morgan fingerprint density at radius 2 is 1.06 bits per heavy atom. The first-order chi connectivity index (χ1) is 8.17. The maximum atomic E-state index is 5.84. The lowest BCUT2D eigenvalue weighted by Crippen LogP contribution is -2.31. The summed E-state index contributed by atoms with van der Waals surface area (Å²) in [6.07, 6.45) is 3.73. The minimum atomic E-state index is -1.52. The van der Waals surface area contributed by atoms with Gasteiger partial charge >= 0.3 is 0 Å². The molecule has 18 heavy (non-hydrogen) atoms. The Morgan fingerprint density at radius 3 is 1.33 bits per heavy atom. The maximum absolute atomic E-state index is 5.84. The molecule has 0 heterocycles. The molecule has 100 valence electrons. The normalized spacial score (nSPS) is 14.8. The summed E-state index contributed by atoms with van der Waals surface area (Å²) >= 11 is 0. The highest BCUT2D eigenvalue weighted by Crippen LogP contribution is 2.03. The molecular formula is C14H24O2Si2. The van der Waals surface area contributed by atoms with Gasteiger partial charge in [0, 0.05) is 10.4 Å². The van der Waals surface area contributed by atoms with E-state index >= 15 is 0 Å². The first kappa shape index (κ1) is 15.1.